The molecule has 30 heavy (non-hydrogen) atoms. The number of aromatic nitrogens is 3. The number of benzene rings is 2. The second kappa shape index (κ2) is 6.99. The van der Waals surface area contributed by atoms with E-state index in [2.05, 4.69) is 46.5 Å². The number of hydrogen-bond donors (Lipinski definition) is 1. The molecule has 0 spiro atoms. The summed E-state index contributed by atoms with van der Waals surface area (Å²) < 4.78 is 6.32. The second-order valence-corrected chi connectivity index (χ2v) is 7.57. The van der Waals surface area contributed by atoms with Crippen molar-refractivity contribution in [3.05, 3.63) is 93.9 Å². The van der Waals surface area contributed by atoms with Gasteiger partial charge >= 0.3 is 5.97 Å². The summed E-state index contributed by atoms with van der Waals surface area (Å²) in [5.41, 5.74) is 4.29. The number of aromatic amines is 1. The Morgan fingerprint density at radius 3 is 2.47 bits per heavy atom. The molecule has 2 aromatic heterocycles. The van der Waals surface area contributed by atoms with E-state index in [4.69, 9.17) is 4.74 Å². The predicted molar refractivity (Wildman–Crippen MR) is 114 cm³/mol. The maximum atomic E-state index is 12.5. The topological polar surface area (TPSA) is 76.5 Å². The van der Waals surface area contributed by atoms with Crippen LogP contribution in [-0.2, 0) is 10.2 Å². The normalized spacial score (nSPS) is 14.6. The highest BCUT2D eigenvalue weighted by atomic mass is 16.5. The van der Waals surface area contributed by atoms with Crippen LogP contribution in [0.4, 0.5) is 0 Å². The highest BCUT2D eigenvalue weighted by molar-refractivity contribution is 5.95. The van der Waals surface area contributed by atoms with E-state index in [9.17, 15) is 9.59 Å². The van der Waals surface area contributed by atoms with Crippen molar-refractivity contribution in [1.82, 2.24) is 14.6 Å². The third kappa shape index (κ3) is 2.92. The van der Waals surface area contributed by atoms with Gasteiger partial charge in [0.2, 0.25) is 0 Å². The van der Waals surface area contributed by atoms with Crippen molar-refractivity contribution < 1.29 is 9.53 Å². The molecule has 2 aromatic carbocycles. The van der Waals surface area contributed by atoms with E-state index in [0.29, 0.717) is 5.69 Å². The zero-order valence-corrected chi connectivity index (χ0v) is 16.6. The Kier molecular flexibility index (Phi) is 4.28. The Bertz CT molecular complexity index is 1280. The Morgan fingerprint density at radius 1 is 1.10 bits per heavy atom. The molecule has 2 heterocycles. The van der Waals surface area contributed by atoms with E-state index in [1.54, 1.807) is 6.92 Å². The summed E-state index contributed by atoms with van der Waals surface area (Å²) in [6, 6.07) is 20.2. The van der Waals surface area contributed by atoms with Crippen LogP contribution in [0.15, 0.2) is 71.7 Å². The SMILES string of the molecule is CCOC(=O)c1c[nH]n2c(=O)cc(-c3ccc(C4(c5ccccc5)CC4)cc3)nc12. The van der Waals surface area contributed by atoms with Gasteiger partial charge in [0.05, 0.1) is 12.3 Å². The number of hydrogen-bond acceptors (Lipinski definition) is 4. The third-order valence-electron chi connectivity index (χ3n) is 5.80. The summed E-state index contributed by atoms with van der Waals surface area (Å²) in [4.78, 5) is 29.3. The molecule has 0 saturated heterocycles. The average molecular weight is 399 g/mol. The lowest BCUT2D eigenvalue weighted by atomic mass is 9.87. The van der Waals surface area contributed by atoms with Crippen LogP contribution in [0.25, 0.3) is 16.9 Å². The number of fused-ring (bicyclic) bond motifs is 1. The van der Waals surface area contributed by atoms with E-state index in [-0.39, 0.29) is 28.8 Å². The molecule has 0 bridgehead atoms. The molecule has 1 saturated carbocycles. The van der Waals surface area contributed by atoms with E-state index in [0.717, 1.165) is 18.4 Å². The standard InChI is InChI=1S/C24H21N3O3/c1-2-30-23(29)19-15-25-27-21(28)14-20(26-22(19)27)16-8-10-18(11-9-16)24(12-13-24)17-6-4-3-5-7-17/h3-11,14-15,25H,2,12-13H2,1H3. The van der Waals surface area contributed by atoms with Gasteiger partial charge in [-0.15, -0.1) is 0 Å². The Hall–Kier alpha value is -3.67. The molecule has 0 atom stereocenters. The van der Waals surface area contributed by atoms with Crippen LogP contribution in [0, 0.1) is 0 Å². The van der Waals surface area contributed by atoms with Crippen LogP contribution in [0.2, 0.25) is 0 Å². The molecular weight excluding hydrogens is 378 g/mol. The highest BCUT2D eigenvalue weighted by Gasteiger charge is 2.45. The van der Waals surface area contributed by atoms with E-state index >= 15 is 0 Å². The van der Waals surface area contributed by atoms with Crippen molar-refractivity contribution in [3.8, 4) is 11.3 Å². The first-order chi connectivity index (χ1) is 14.6. The molecule has 150 valence electrons. The number of H-pyrrole nitrogens is 1. The Balaban J connectivity index is 1.53. The van der Waals surface area contributed by atoms with E-state index < -0.39 is 5.97 Å². The first-order valence-electron chi connectivity index (χ1n) is 10.1. The summed E-state index contributed by atoms with van der Waals surface area (Å²) in [6.07, 6.45) is 3.72. The van der Waals surface area contributed by atoms with Crippen LogP contribution in [0.1, 0.15) is 41.3 Å². The number of carbonyl (C=O) groups excluding carboxylic acids is 1. The summed E-state index contributed by atoms with van der Waals surface area (Å²) in [5, 5.41) is 2.77. The van der Waals surface area contributed by atoms with Gasteiger partial charge < -0.3 is 4.74 Å². The minimum absolute atomic E-state index is 0.0917. The van der Waals surface area contributed by atoms with Crippen LogP contribution in [0.5, 0.6) is 0 Å². The number of ether oxygens (including phenoxy) is 1. The quantitative estimate of drug-likeness (QED) is 0.516. The first kappa shape index (κ1) is 18.4. The molecule has 0 aliphatic heterocycles. The van der Waals surface area contributed by atoms with Crippen LogP contribution < -0.4 is 5.56 Å². The van der Waals surface area contributed by atoms with Crippen molar-refractivity contribution in [1.29, 1.82) is 0 Å². The van der Waals surface area contributed by atoms with Gasteiger partial charge in [0, 0.05) is 23.2 Å². The number of nitrogens with zero attached hydrogens (tertiary/aromatic N) is 2. The molecule has 0 radical (unpaired) electrons. The fourth-order valence-corrected chi connectivity index (χ4v) is 4.07. The zero-order valence-electron chi connectivity index (χ0n) is 16.6. The van der Waals surface area contributed by atoms with Gasteiger partial charge in [0.25, 0.3) is 5.56 Å². The van der Waals surface area contributed by atoms with Crippen molar-refractivity contribution in [2.45, 2.75) is 25.2 Å². The monoisotopic (exact) mass is 399 g/mol. The van der Waals surface area contributed by atoms with Gasteiger partial charge in [-0.3, -0.25) is 9.89 Å². The summed E-state index contributed by atoms with van der Waals surface area (Å²) in [7, 11) is 0. The maximum Gasteiger partial charge on any atom is 0.343 e. The van der Waals surface area contributed by atoms with Gasteiger partial charge in [-0.1, -0.05) is 54.6 Å². The summed E-state index contributed by atoms with van der Waals surface area (Å²) in [5.74, 6) is -0.505. The third-order valence-corrected chi connectivity index (χ3v) is 5.80. The second-order valence-electron chi connectivity index (χ2n) is 7.57. The predicted octanol–water partition coefficient (Wildman–Crippen LogP) is 3.95. The molecule has 0 amide bonds. The fourth-order valence-electron chi connectivity index (χ4n) is 4.07. The largest absolute Gasteiger partial charge is 0.462 e. The van der Waals surface area contributed by atoms with Crippen molar-refractivity contribution in [3.63, 3.8) is 0 Å². The average Bonchev–Trinajstić information content (AvgIpc) is 3.47. The van der Waals surface area contributed by atoms with Crippen LogP contribution >= 0.6 is 0 Å². The zero-order chi connectivity index (χ0) is 20.7. The van der Waals surface area contributed by atoms with Crippen molar-refractivity contribution >= 4 is 11.6 Å². The van der Waals surface area contributed by atoms with Crippen molar-refractivity contribution in [2.75, 3.05) is 6.61 Å². The number of carbonyl (C=O) groups is 1. The molecule has 1 aliphatic carbocycles. The molecule has 1 aliphatic rings. The highest BCUT2D eigenvalue weighted by Crippen LogP contribution is 2.53. The lowest BCUT2D eigenvalue weighted by Gasteiger charge is -2.16. The lowest BCUT2D eigenvalue weighted by Crippen LogP contribution is -2.15. The summed E-state index contributed by atoms with van der Waals surface area (Å²) in [6.45, 7) is 1.99. The Labute approximate surface area is 173 Å². The molecule has 6 heteroatoms. The molecule has 6 nitrogen and oxygen atoms in total. The van der Waals surface area contributed by atoms with E-state index in [1.165, 1.54) is 27.9 Å². The number of nitrogens with one attached hydrogen (secondary N) is 1. The van der Waals surface area contributed by atoms with Crippen LogP contribution in [-0.4, -0.2) is 27.2 Å². The van der Waals surface area contributed by atoms with Gasteiger partial charge in [0.15, 0.2) is 5.65 Å². The van der Waals surface area contributed by atoms with Gasteiger partial charge in [0.1, 0.15) is 5.56 Å². The molecular formula is C24H21N3O3. The minimum atomic E-state index is -0.505. The Morgan fingerprint density at radius 2 is 1.80 bits per heavy atom. The van der Waals surface area contributed by atoms with Crippen molar-refractivity contribution in [2.24, 2.45) is 0 Å². The first-order valence-corrected chi connectivity index (χ1v) is 10.1. The van der Waals surface area contributed by atoms with Gasteiger partial charge in [-0.05, 0) is 30.9 Å². The maximum absolute atomic E-state index is 12.5. The molecule has 0 unspecified atom stereocenters. The summed E-state index contributed by atoms with van der Waals surface area (Å²) >= 11 is 0. The molecule has 4 aromatic rings. The lowest BCUT2D eigenvalue weighted by molar-refractivity contribution is 0.0528. The smallest absolute Gasteiger partial charge is 0.343 e. The number of esters is 1. The van der Waals surface area contributed by atoms with Gasteiger partial charge in [-0.2, -0.15) is 0 Å². The number of rotatable bonds is 5. The molecule has 5 rings (SSSR count). The molecule has 1 fully saturated rings. The fraction of sp³-hybridized carbons (Fsp3) is 0.208. The van der Waals surface area contributed by atoms with Gasteiger partial charge in [-0.25, -0.2) is 14.3 Å². The van der Waals surface area contributed by atoms with E-state index in [1.807, 2.05) is 18.2 Å². The van der Waals surface area contributed by atoms with Crippen LogP contribution in [0.3, 0.4) is 0 Å². The minimum Gasteiger partial charge on any atom is -0.462 e. The molecule has 1 N–H and O–H groups in total.